The molecule has 0 atom stereocenters. The fourth-order valence-electron chi connectivity index (χ4n) is 2.97. The number of rotatable bonds is 5. The molecule has 1 aliphatic heterocycles. The van der Waals surface area contributed by atoms with Gasteiger partial charge in [0, 0.05) is 14.5 Å². The zero-order valence-electron chi connectivity index (χ0n) is 16.7. The largest absolute Gasteiger partial charge is 0.596 e. The van der Waals surface area contributed by atoms with Crippen molar-refractivity contribution in [2.75, 3.05) is 6.54 Å². The molecule has 2 aromatic rings. The lowest BCUT2D eigenvalue weighted by Gasteiger charge is -2.32. The Balaban J connectivity index is 1.96. The first-order valence-corrected chi connectivity index (χ1v) is 10.7. The molecular weight excluding hydrogens is 356 g/mol. The van der Waals surface area contributed by atoms with Crippen molar-refractivity contribution in [2.24, 2.45) is 0 Å². The lowest BCUT2D eigenvalue weighted by molar-refractivity contribution is 0.00578. The molecule has 0 aliphatic carbocycles. The van der Waals surface area contributed by atoms with Gasteiger partial charge in [-0.05, 0) is 45.2 Å². The average Bonchev–Trinajstić information content (AvgIpc) is 2.85. The minimum Gasteiger partial charge on any atom is -0.384 e. The smallest absolute Gasteiger partial charge is 0.384 e. The monoisotopic (exact) mass is 383 g/mol. The van der Waals surface area contributed by atoms with Crippen LogP contribution in [0, 0.1) is 0 Å². The van der Waals surface area contributed by atoms with E-state index in [0.29, 0.717) is 6.54 Å². The highest BCUT2D eigenvalue weighted by Gasteiger charge is 2.55. The van der Waals surface area contributed by atoms with Gasteiger partial charge >= 0.3 is 7.25 Å². The minimum absolute atomic E-state index is 0.0448. The lowest BCUT2D eigenvalue weighted by atomic mass is 9.90. The van der Waals surface area contributed by atoms with Crippen molar-refractivity contribution in [2.45, 2.75) is 45.8 Å². The molecule has 0 unspecified atom stereocenters. The van der Waals surface area contributed by atoms with Crippen LogP contribution in [0.25, 0.3) is 0 Å². The molecule has 0 radical (unpaired) electrons. The molecule has 4 nitrogen and oxygen atoms in total. The molecule has 0 aromatic heterocycles. The van der Waals surface area contributed by atoms with Crippen LogP contribution in [-0.4, -0.2) is 35.5 Å². The number of amides is 1. The molecule has 1 saturated heterocycles. The molecule has 1 amide bonds. The van der Waals surface area contributed by atoms with Crippen molar-refractivity contribution in [3.05, 3.63) is 60.7 Å². The third-order valence-corrected chi connectivity index (χ3v) is 7.57. The molecule has 27 heavy (non-hydrogen) atoms. The van der Waals surface area contributed by atoms with Crippen LogP contribution in [-0.2, 0) is 9.31 Å². The van der Waals surface area contributed by atoms with Gasteiger partial charge in [-0.25, -0.2) is 0 Å². The summed E-state index contributed by atoms with van der Waals surface area (Å²) in [5.74, 6) is 0. The van der Waals surface area contributed by atoms with Gasteiger partial charge in [-0.3, -0.25) is 4.79 Å². The van der Waals surface area contributed by atoms with E-state index in [9.17, 15) is 4.79 Å². The zero-order valence-corrected chi connectivity index (χ0v) is 17.6. The Morgan fingerprint density at radius 1 is 0.889 bits per heavy atom. The van der Waals surface area contributed by atoms with Crippen molar-refractivity contribution < 1.29 is 14.1 Å². The van der Waals surface area contributed by atoms with Gasteiger partial charge in [0.2, 0.25) is 5.65 Å². The number of benzene rings is 2. The van der Waals surface area contributed by atoms with E-state index in [0.717, 1.165) is 10.6 Å². The van der Waals surface area contributed by atoms with E-state index in [1.54, 1.807) is 4.81 Å². The van der Waals surface area contributed by atoms with Gasteiger partial charge in [-0.1, -0.05) is 60.7 Å². The molecule has 142 valence electrons. The highest BCUT2D eigenvalue weighted by molar-refractivity contribution is 7.87. The second-order valence-electron chi connectivity index (χ2n) is 7.64. The van der Waals surface area contributed by atoms with E-state index in [1.807, 2.05) is 95.3 Å². The average molecular weight is 383 g/mol. The highest BCUT2D eigenvalue weighted by Crippen LogP contribution is 2.42. The summed E-state index contributed by atoms with van der Waals surface area (Å²) in [7, 11) is -1.88. The molecule has 1 heterocycles. The maximum atomic E-state index is 13.7. The van der Waals surface area contributed by atoms with E-state index >= 15 is 0 Å². The summed E-state index contributed by atoms with van der Waals surface area (Å²) in [4.78, 5) is 15.4. The first-order valence-electron chi connectivity index (χ1n) is 9.33. The standard InChI is InChI=1S/C21H27BNO3P/c1-6-23(22-25-20(2,3)21(4,5)26-22)19(24)27(17-13-9-7-10-14-17)18-15-11-8-12-16-18/h7-16H,6H2,1-5H3. The molecule has 6 heteroatoms. The quantitative estimate of drug-likeness (QED) is 0.575. The van der Waals surface area contributed by atoms with Crippen molar-refractivity contribution in [3.8, 4) is 0 Å². The number of nitrogens with zero attached hydrogens (tertiary/aromatic N) is 1. The lowest BCUT2D eigenvalue weighted by Crippen LogP contribution is -2.46. The molecule has 0 bridgehead atoms. The highest BCUT2D eigenvalue weighted by atomic mass is 31.1. The summed E-state index contributed by atoms with van der Waals surface area (Å²) in [6.07, 6.45) is 0. The number of carbonyl (C=O) groups is 1. The predicted molar refractivity (Wildman–Crippen MR) is 113 cm³/mol. The Labute approximate surface area is 163 Å². The van der Waals surface area contributed by atoms with Gasteiger partial charge in [0.1, 0.15) is 0 Å². The number of hydrogen-bond donors (Lipinski definition) is 0. The molecular formula is C21H27BNO3P. The van der Waals surface area contributed by atoms with Crippen molar-refractivity contribution in [1.82, 2.24) is 4.81 Å². The summed E-state index contributed by atoms with van der Waals surface area (Å²) >= 11 is 0. The van der Waals surface area contributed by atoms with Crippen molar-refractivity contribution >= 4 is 31.4 Å². The summed E-state index contributed by atoms with van der Waals surface area (Å²) in [5.41, 5.74) is -0.912. The fourth-order valence-corrected chi connectivity index (χ4v) is 5.14. The van der Waals surface area contributed by atoms with Crippen LogP contribution in [0.15, 0.2) is 60.7 Å². The van der Waals surface area contributed by atoms with Crippen LogP contribution in [0.2, 0.25) is 0 Å². The maximum absolute atomic E-state index is 13.7. The van der Waals surface area contributed by atoms with Gasteiger partial charge in [0.05, 0.1) is 11.2 Å². The summed E-state index contributed by atoms with van der Waals surface area (Å²) < 4.78 is 12.3. The minimum atomic E-state index is -1.21. The molecule has 0 N–H and O–H groups in total. The number of carbonyl (C=O) groups excluding carboxylic acids is 1. The Morgan fingerprint density at radius 3 is 1.67 bits per heavy atom. The summed E-state index contributed by atoms with van der Waals surface area (Å²) in [6, 6.07) is 19.9. The number of hydrogen-bond acceptors (Lipinski definition) is 3. The van der Waals surface area contributed by atoms with Crippen LogP contribution in [0.4, 0.5) is 4.79 Å². The maximum Gasteiger partial charge on any atom is 0.596 e. The summed E-state index contributed by atoms with van der Waals surface area (Å²) in [6.45, 7) is 10.5. The third-order valence-electron chi connectivity index (χ3n) is 5.30. The van der Waals surface area contributed by atoms with E-state index in [1.165, 1.54) is 0 Å². The van der Waals surface area contributed by atoms with E-state index in [4.69, 9.17) is 9.31 Å². The molecule has 0 spiro atoms. The molecule has 1 fully saturated rings. The van der Waals surface area contributed by atoms with Gasteiger partial charge < -0.3 is 14.1 Å². The van der Waals surface area contributed by atoms with Gasteiger partial charge in [-0.2, -0.15) is 0 Å². The second-order valence-corrected chi connectivity index (χ2v) is 9.72. The van der Waals surface area contributed by atoms with Gasteiger partial charge in [-0.15, -0.1) is 0 Å². The second kappa shape index (κ2) is 7.75. The molecule has 0 saturated carbocycles. The first kappa shape index (κ1) is 20.1. The predicted octanol–water partition coefficient (Wildman–Crippen LogP) is 4.15. The zero-order chi connectivity index (χ0) is 19.7. The first-order chi connectivity index (χ1) is 12.8. The topological polar surface area (TPSA) is 38.8 Å². The third kappa shape index (κ3) is 3.96. The summed E-state index contributed by atoms with van der Waals surface area (Å²) in [5, 5.41) is 2.05. The van der Waals surface area contributed by atoms with Crippen LogP contribution in [0.5, 0.6) is 0 Å². The Hall–Kier alpha value is -1.68. The van der Waals surface area contributed by atoms with Gasteiger partial charge in [0.15, 0.2) is 0 Å². The Bertz CT molecular complexity index is 727. The Kier molecular flexibility index (Phi) is 5.76. The Morgan fingerprint density at radius 2 is 1.30 bits per heavy atom. The van der Waals surface area contributed by atoms with Gasteiger partial charge in [0.25, 0.3) is 0 Å². The van der Waals surface area contributed by atoms with Crippen molar-refractivity contribution in [3.63, 3.8) is 0 Å². The normalized spacial score (nSPS) is 17.9. The van der Waals surface area contributed by atoms with E-state index in [-0.39, 0.29) is 5.65 Å². The van der Waals surface area contributed by atoms with Crippen LogP contribution in [0.3, 0.4) is 0 Å². The fraction of sp³-hybridized carbons (Fsp3) is 0.381. The SMILES string of the molecule is CCN(B1OC(C)(C)C(C)(C)O1)C(=O)P(c1ccccc1)c1ccccc1. The van der Waals surface area contributed by atoms with E-state index < -0.39 is 26.4 Å². The molecule has 2 aromatic carbocycles. The van der Waals surface area contributed by atoms with E-state index in [2.05, 4.69) is 0 Å². The van der Waals surface area contributed by atoms with Crippen molar-refractivity contribution in [1.29, 1.82) is 0 Å². The van der Waals surface area contributed by atoms with Crippen LogP contribution < -0.4 is 10.6 Å². The molecule has 1 aliphatic rings. The van der Waals surface area contributed by atoms with Crippen LogP contribution >= 0.6 is 7.92 Å². The van der Waals surface area contributed by atoms with Crippen LogP contribution in [0.1, 0.15) is 34.6 Å². The molecule has 3 rings (SSSR count).